The quantitative estimate of drug-likeness (QED) is 0.841. The predicted octanol–water partition coefficient (Wildman–Crippen LogP) is 3.24. The van der Waals surface area contributed by atoms with Gasteiger partial charge in [0, 0.05) is 18.3 Å². The average Bonchev–Trinajstić information content (AvgIpc) is 2.54. The van der Waals surface area contributed by atoms with E-state index in [1.54, 1.807) is 20.8 Å². The van der Waals surface area contributed by atoms with Crippen LogP contribution < -0.4 is 5.56 Å². The summed E-state index contributed by atoms with van der Waals surface area (Å²) in [5, 5.41) is 0.276. The molecule has 6 nitrogen and oxygen atoms in total. The molecule has 0 saturated carbocycles. The number of carbonyl (C=O) groups is 1. The summed E-state index contributed by atoms with van der Waals surface area (Å²) in [7, 11) is 1.54. The van der Waals surface area contributed by atoms with E-state index in [0.29, 0.717) is 11.3 Å². The third kappa shape index (κ3) is 3.29. The number of hydrogen-bond donors (Lipinski definition) is 1. The minimum absolute atomic E-state index is 0.0205. The van der Waals surface area contributed by atoms with E-state index in [1.807, 2.05) is 0 Å². The van der Waals surface area contributed by atoms with Crippen LogP contribution >= 0.6 is 0 Å². The molecule has 0 radical (unpaired) electrons. The van der Waals surface area contributed by atoms with Crippen LogP contribution in [0.2, 0.25) is 0 Å². The number of likely N-dealkylation sites (N-methyl/N-ethyl adjacent to an activating group) is 1. The number of aromatic amines is 1. The summed E-state index contributed by atoms with van der Waals surface area (Å²) in [5.41, 5.74) is -0.272. The standard InChI is InChI=1S/C18H20F2N2O4/c1-18(2,3)26-17(24)22(4)14-8-25-7-13-15(14)9-5-11(19)12(20)6-10(9)16(23)21-13/h5-6,14H,7-8H2,1-4H3,(H,21,23)/t14-/m1/s1. The first-order chi connectivity index (χ1) is 12.1. The molecule has 0 fully saturated rings. The second-order valence-electron chi connectivity index (χ2n) is 7.28. The Labute approximate surface area is 148 Å². The Bertz CT molecular complexity index is 933. The Morgan fingerprint density at radius 3 is 2.50 bits per heavy atom. The van der Waals surface area contributed by atoms with E-state index < -0.39 is 34.9 Å². The van der Waals surface area contributed by atoms with Gasteiger partial charge in [0.1, 0.15) is 5.60 Å². The zero-order valence-electron chi connectivity index (χ0n) is 15.0. The molecule has 2 heterocycles. The van der Waals surface area contributed by atoms with Gasteiger partial charge in [-0.25, -0.2) is 13.6 Å². The van der Waals surface area contributed by atoms with Crippen molar-refractivity contribution in [2.45, 2.75) is 39.0 Å². The van der Waals surface area contributed by atoms with Crippen molar-refractivity contribution >= 4 is 16.9 Å². The predicted molar refractivity (Wildman–Crippen MR) is 90.9 cm³/mol. The number of aromatic nitrogens is 1. The van der Waals surface area contributed by atoms with Crippen LogP contribution in [0.1, 0.15) is 38.1 Å². The third-order valence-electron chi connectivity index (χ3n) is 4.19. The number of pyridine rings is 1. The van der Waals surface area contributed by atoms with Gasteiger partial charge in [0.25, 0.3) is 5.56 Å². The van der Waals surface area contributed by atoms with Crippen molar-refractivity contribution in [3.8, 4) is 0 Å². The van der Waals surface area contributed by atoms with Crippen molar-refractivity contribution in [3.63, 3.8) is 0 Å². The van der Waals surface area contributed by atoms with Gasteiger partial charge in [-0.2, -0.15) is 0 Å². The molecule has 0 bridgehead atoms. The number of fused-ring (bicyclic) bond motifs is 3. The molecule has 1 aromatic heterocycles. The number of H-pyrrole nitrogens is 1. The molecule has 1 atom stereocenters. The number of ether oxygens (including phenoxy) is 2. The summed E-state index contributed by atoms with van der Waals surface area (Å²) in [6, 6.07) is 1.24. The Kier molecular flexibility index (Phi) is 4.47. The van der Waals surface area contributed by atoms with Gasteiger partial charge in [-0.15, -0.1) is 0 Å². The molecular weight excluding hydrogens is 346 g/mol. The van der Waals surface area contributed by atoms with Crippen LogP contribution in [0.5, 0.6) is 0 Å². The van der Waals surface area contributed by atoms with Crippen molar-refractivity contribution in [2.24, 2.45) is 0 Å². The number of nitrogens with one attached hydrogen (secondary N) is 1. The van der Waals surface area contributed by atoms with Gasteiger partial charge < -0.3 is 19.4 Å². The van der Waals surface area contributed by atoms with E-state index in [4.69, 9.17) is 9.47 Å². The van der Waals surface area contributed by atoms with Crippen molar-refractivity contribution in [2.75, 3.05) is 13.7 Å². The molecular formula is C18H20F2N2O4. The first-order valence-corrected chi connectivity index (χ1v) is 8.16. The molecule has 1 aliphatic heterocycles. The molecule has 140 valence electrons. The second-order valence-corrected chi connectivity index (χ2v) is 7.28. The van der Waals surface area contributed by atoms with Gasteiger partial charge in [-0.3, -0.25) is 4.79 Å². The smallest absolute Gasteiger partial charge is 0.410 e. The van der Waals surface area contributed by atoms with Crippen LogP contribution in [0.25, 0.3) is 10.8 Å². The maximum atomic E-state index is 13.8. The molecule has 1 aliphatic rings. The normalized spacial score (nSPS) is 17.1. The number of halogens is 2. The minimum Gasteiger partial charge on any atom is -0.444 e. The molecule has 0 unspecified atom stereocenters. The highest BCUT2D eigenvalue weighted by atomic mass is 19.2. The number of rotatable bonds is 1. The fourth-order valence-electron chi connectivity index (χ4n) is 3.01. The van der Waals surface area contributed by atoms with Gasteiger partial charge in [-0.05, 0) is 38.3 Å². The molecule has 1 amide bonds. The maximum absolute atomic E-state index is 13.8. The molecule has 0 saturated heterocycles. The first-order valence-electron chi connectivity index (χ1n) is 8.16. The molecule has 8 heteroatoms. The van der Waals surface area contributed by atoms with Crippen LogP contribution in [0, 0.1) is 11.6 Å². The molecule has 1 N–H and O–H groups in total. The van der Waals surface area contributed by atoms with E-state index in [2.05, 4.69) is 4.98 Å². The number of carbonyl (C=O) groups excluding carboxylic acids is 1. The Morgan fingerprint density at radius 1 is 1.27 bits per heavy atom. The van der Waals surface area contributed by atoms with Gasteiger partial charge in [0.2, 0.25) is 0 Å². The molecule has 2 aromatic rings. The van der Waals surface area contributed by atoms with Crippen molar-refractivity contribution in [1.82, 2.24) is 9.88 Å². The largest absolute Gasteiger partial charge is 0.444 e. The molecule has 3 rings (SSSR count). The lowest BCUT2D eigenvalue weighted by molar-refractivity contribution is -0.000769. The molecule has 1 aromatic carbocycles. The Morgan fingerprint density at radius 2 is 1.88 bits per heavy atom. The fourth-order valence-corrected chi connectivity index (χ4v) is 3.01. The van der Waals surface area contributed by atoms with Gasteiger partial charge in [0.15, 0.2) is 11.6 Å². The second kappa shape index (κ2) is 6.35. The lowest BCUT2D eigenvalue weighted by atomic mass is 9.95. The van der Waals surface area contributed by atoms with Crippen LogP contribution in [0.4, 0.5) is 13.6 Å². The number of amides is 1. The Hall–Kier alpha value is -2.48. The third-order valence-corrected chi connectivity index (χ3v) is 4.19. The van der Waals surface area contributed by atoms with Crippen LogP contribution in [0.15, 0.2) is 16.9 Å². The van der Waals surface area contributed by atoms with E-state index >= 15 is 0 Å². The lowest BCUT2D eigenvalue weighted by Gasteiger charge is -2.34. The van der Waals surface area contributed by atoms with E-state index in [-0.39, 0.29) is 24.0 Å². The number of hydrogen-bond acceptors (Lipinski definition) is 4. The summed E-state index contributed by atoms with van der Waals surface area (Å²) >= 11 is 0. The van der Waals surface area contributed by atoms with E-state index in [0.717, 1.165) is 12.1 Å². The van der Waals surface area contributed by atoms with Gasteiger partial charge in [-0.1, -0.05) is 0 Å². The zero-order valence-corrected chi connectivity index (χ0v) is 15.0. The van der Waals surface area contributed by atoms with Crippen LogP contribution in [-0.2, 0) is 16.1 Å². The highest BCUT2D eigenvalue weighted by molar-refractivity contribution is 5.87. The van der Waals surface area contributed by atoms with Crippen LogP contribution in [-0.4, -0.2) is 35.2 Å². The van der Waals surface area contributed by atoms with Crippen molar-refractivity contribution in [3.05, 3.63) is 45.4 Å². The first kappa shape index (κ1) is 18.3. The summed E-state index contributed by atoms with van der Waals surface area (Å²) in [4.78, 5) is 28.6. The number of nitrogens with zero attached hydrogens (tertiary/aromatic N) is 1. The van der Waals surface area contributed by atoms with E-state index in [1.165, 1.54) is 11.9 Å². The fraction of sp³-hybridized carbons (Fsp3) is 0.444. The zero-order chi connectivity index (χ0) is 19.2. The molecule has 0 spiro atoms. The summed E-state index contributed by atoms with van der Waals surface area (Å²) in [6.45, 7) is 5.49. The summed E-state index contributed by atoms with van der Waals surface area (Å²) in [5.74, 6) is -2.16. The van der Waals surface area contributed by atoms with E-state index in [9.17, 15) is 18.4 Å². The minimum atomic E-state index is -1.10. The highest BCUT2D eigenvalue weighted by Gasteiger charge is 2.33. The average molecular weight is 366 g/mol. The number of benzene rings is 1. The highest BCUT2D eigenvalue weighted by Crippen LogP contribution is 2.34. The lowest BCUT2D eigenvalue weighted by Crippen LogP contribution is -2.40. The summed E-state index contributed by atoms with van der Waals surface area (Å²) in [6.07, 6.45) is -0.583. The monoisotopic (exact) mass is 366 g/mol. The van der Waals surface area contributed by atoms with Crippen LogP contribution in [0.3, 0.4) is 0 Å². The van der Waals surface area contributed by atoms with Crippen molar-refractivity contribution in [1.29, 1.82) is 0 Å². The molecule has 0 aliphatic carbocycles. The van der Waals surface area contributed by atoms with Gasteiger partial charge in [0.05, 0.1) is 24.6 Å². The van der Waals surface area contributed by atoms with Gasteiger partial charge >= 0.3 is 6.09 Å². The topological polar surface area (TPSA) is 71.6 Å². The maximum Gasteiger partial charge on any atom is 0.410 e. The molecule has 26 heavy (non-hydrogen) atoms. The Balaban J connectivity index is 2.14. The SMILES string of the molecule is CN(C(=O)OC(C)(C)C)[C@@H]1COCc2[nH]c(=O)c3cc(F)c(F)cc3c21. The van der Waals surface area contributed by atoms with Crippen molar-refractivity contribution < 1.29 is 23.0 Å². The summed E-state index contributed by atoms with van der Waals surface area (Å²) < 4.78 is 38.3.